The zero-order valence-electron chi connectivity index (χ0n) is 18.1. The molecule has 0 saturated carbocycles. The highest BCUT2D eigenvalue weighted by Crippen LogP contribution is 2.28. The van der Waals surface area contributed by atoms with Crippen molar-refractivity contribution < 1.29 is 13.2 Å². The Balaban J connectivity index is 1.54. The molecule has 1 amide bonds. The standard InChI is InChI=1S/C24H22N4O3S2/c1-17-8-12-20(13-9-17)28-23(18-6-4-3-5-7-18)26-27-24(28)32-16-22(29)25-19-10-14-21(15-11-19)33(2,30)31/h3-15H,16H2,1-2H3,(H,25,29). The van der Waals surface area contributed by atoms with Crippen LogP contribution in [0.5, 0.6) is 0 Å². The molecule has 0 spiro atoms. The topological polar surface area (TPSA) is 94.0 Å². The van der Waals surface area contributed by atoms with Gasteiger partial charge in [-0.1, -0.05) is 59.8 Å². The van der Waals surface area contributed by atoms with Crippen LogP contribution in [0.4, 0.5) is 5.69 Å². The smallest absolute Gasteiger partial charge is 0.234 e. The molecule has 4 rings (SSSR count). The van der Waals surface area contributed by atoms with Crippen LogP contribution in [-0.4, -0.2) is 41.1 Å². The summed E-state index contributed by atoms with van der Waals surface area (Å²) >= 11 is 1.28. The lowest BCUT2D eigenvalue weighted by molar-refractivity contribution is -0.113. The fourth-order valence-electron chi connectivity index (χ4n) is 3.18. The van der Waals surface area contributed by atoms with E-state index in [9.17, 15) is 13.2 Å². The summed E-state index contributed by atoms with van der Waals surface area (Å²) in [5.41, 5.74) is 3.50. The Morgan fingerprint density at radius 3 is 2.24 bits per heavy atom. The van der Waals surface area contributed by atoms with Gasteiger partial charge in [-0.2, -0.15) is 0 Å². The summed E-state index contributed by atoms with van der Waals surface area (Å²) < 4.78 is 25.1. The Bertz CT molecular complexity index is 1370. The molecule has 0 aliphatic carbocycles. The summed E-state index contributed by atoms with van der Waals surface area (Å²) in [4.78, 5) is 12.7. The molecule has 0 radical (unpaired) electrons. The van der Waals surface area contributed by atoms with Gasteiger partial charge < -0.3 is 5.32 Å². The molecule has 7 nitrogen and oxygen atoms in total. The third-order valence-electron chi connectivity index (χ3n) is 4.86. The fraction of sp³-hybridized carbons (Fsp3) is 0.125. The summed E-state index contributed by atoms with van der Waals surface area (Å²) in [6.45, 7) is 2.02. The van der Waals surface area contributed by atoms with Crippen LogP contribution < -0.4 is 5.32 Å². The predicted octanol–water partition coefficient (Wildman–Crippen LogP) is 4.38. The zero-order valence-corrected chi connectivity index (χ0v) is 19.7. The van der Waals surface area contributed by atoms with Crippen molar-refractivity contribution in [2.45, 2.75) is 17.0 Å². The van der Waals surface area contributed by atoms with E-state index >= 15 is 0 Å². The molecule has 4 aromatic rings. The molecule has 0 atom stereocenters. The summed E-state index contributed by atoms with van der Waals surface area (Å²) in [7, 11) is -3.28. The minimum Gasteiger partial charge on any atom is -0.325 e. The van der Waals surface area contributed by atoms with Crippen LogP contribution in [0.2, 0.25) is 0 Å². The van der Waals surface area contributed by atoms with Crippen molar-refractivity contribution in [3.8, 4) is 17.1 Å². The molecular weight excluding hydrogens is 456 g/mol. The number of aryl methyl sites for hydroxylation is 1. The minimum absolute atomic E-state index is 0.118. The quantitative estimate of drug-likeness (QED) is 0.396. The lowest BCUT2D eigenvalue weighted by Gasteiger charge is -2.11. The lowest BCUT2D eigenvalue weighted by atomic mass is 10.2. The van der Waals surface area contributed by atoms with Gasteiger partial charge in [0, 0.05) is 23.2 Å². The number of amides is 1. The number of anilines is 1. The Labute approximate surface area is 196 Å². The van der Waals surface area contributed by atoms with Gasteiger partial charge in [0.2, 0.25) is 5.91 Å². The maximum absolute atomic E-state index is 12.5. The number of benzene rings is 3. The third kappa shape index (κ3) is 5.50. The van der Waals surface area contributed by atoms with Gasteiger partial charge in [0.1, 0.15) is 0 Å². The largest absolute Gasteiger partial charge is 0.325 e. The second-order valence-corrected chi connectivity index (χ2v) is 10.4. The molecule has 0 aliphatic rings. The molecule has 1 N–H and O–H groups in total. The van der Waals surface area contributed by atoms with Crippen LogP contribution >= 0.6 is 11.8 Å². The number of nitrogens with one attached hydrogen (secondary N) is 1. The van der Waals surface area contributed by atoms with Crippen LogP contribution in [0.1, 0.15) is 5.56 Å². The number of hydrogen-bond acceptors (Lipinski definition) is 6. The van der Waals surface area contributed by atoms with Gasteiger partial charge in [-0.25, -0.2) is 8.42 Å². The molecule has 0 fully saturated rings. The highest BCUT2D eigenvalue weighted by atomic mass is 32.2. The maximum Gasteiger partial charge on any atom is 0.234 e. The molecule has 0 bridgehead atoms. The average Bonchev–Trinajstić information content (AvgIpc) is 3.22. The van der Waals surface area contributed by atoms with E-state index < -0.39 is 9.84 Å². The molecule has 0 saturated heterocycles. The van der Waals surface area contributed by atoms with Crippen molar-refractivity contribution in [2.24, 2.45) is 0 Å². The van der Waals surface area contributed by atoms with Gasteiger partial charge in [-0.3, -0.25) is 9.36 Å². The van der Waals surface area contributed by atoms with Crippen LogP contribution in [0.25, 0.3) is 17.1 Å². The molecule has 33 heavy (non-hydrogen) atoms. The van der Waals surface area contributed by atoms with Crippen molar-refractivity contribution in [1.29, 1.82) is 0 Å². The van der Waals surface area contributed by atoms with E-state index in [0.29, 0.717) is 16.7 Å². The lowest BCUT2D eigenvalue weighted by Crippen LogP contribution is -2.14. The van der Waals surface area contributed by atoms with Gasteiger partial charge >= 0.3 is 0 Å². The monoisotopic (exact) mass is 478 g/mol. The maximum atomic E-state index is 12.5. The van der Waals surface area contributed by atoms with Gasteiger partial charge in [0.15, 0.2) is 20.8 Å². The first-order valence-electron chi connectivity index (χ1n) is 10.1. The first kappa shape index (κ1) is 22.8. The number of hydrogen-bond donors (Lipinski definition) is 1. The Morgan fingerprint density at radius 2 is 1.61 bits per heavy atom. The number of sulfone groups is 1. The van der Waals surface area contributed by atoms with E-state index in [1.807, 2.05) is 66.1 Å². The summed E-state index contributed by atoms with van der Waals surface area (Å²) in [6.07, 6.45) is 1.14. The first-order chi connectivity index (χ1) is 15.8. The fourth-order valence-corrected chi connectivity index (χ4v) is 4.56. The Kier molecular flexibility index (Phi) is 6.62. The zero-order chi connectivity index (χ0) is 23.4. The van der Waals surface area contributed by atoms with Gasteiger partial charge in [0.25, 0.3) is 0 Å². The van der Waals surface area contributed by atoms with Crippen molar-refractivity contribution in [3.05, 3.63) is 84.4 Å². The Morgan fingerprint density at radius 1 is 0.939 bits per heavy atom. The molecule has 1 aromatic heterocycles. The predicted molar refractivity (Wildman–Crippen MR) is 130 cm³/mol. The normalized spacial score (nSPS) is 11.3. The van der Waals surface area contributed by atoms with Gasteiger partial charge in [-0.15, -0.1) is 10.2 Å². The van der Waals surface area contributed by atoms with Gasteiger partial charge in [-0.05, 0) is 43.3 Å². The SMILES string of the molecule is Cc1ccc(-n2c(SCC(=O)Nc3ccc(S(C)(=O)=O)cc3)nnc2-c2ccccc2)cc1. The van der Waals surface area contributed by atoms with Crippen molar-refractivity contribution >= 4 is 33.2 Å². The average molecular weight is 479 g/mol. The number of carbonyl (C=O) groups excluding carboxylic acids is 1. The molecule has 9 heteroatoms. The van der Waals surface area contributed by atoms with E-state index in [-0.39, 0.29) is 16.6 Å². The van der Waals surface area contributed by atoms with Crippen molar-refractivity contribution in [2.75, 3.05) is 17.3 Å². The highest BCUT2D eigenvalue weighted by molar-refractivity contribution is 7.99. The van der Waals surface area contributed by atoms with Crippen molar-refractivity contribution in [1.82, 2.24) is 14.8 Å². The Hall–Kier alpha value is -3.43. The van der Waals surface area contributed by atoms with Crippen LogP contribution in [-0.2, 0) is 14.6 Å². The number of carbonyl (C=O) groups is 1. The number of aromatic nitrogens is 3. The van der Waals surface area contributed by atoms with E-state index in [4.69, 9.17) is 0 Å². The first-order valence-corrected chi connectivity index (χ1v) is 13.0. The van der Waals surface area contributed by atoms with Crippen LogP contribution in [0, 0.1) is 6.92 Å². The highest BCUT2D eigenvalue weighted by Gasteiger charge is 2.17. The summed E-state index contributed by atoms with van der Waals surface area (Å²) in [5, 5.41) is 12.1. The minimum atomic E-state index is -3.28. The van der Waals surface area contributed by atoms with Crippen LogP contribution in [0.15, 0.2) is 88.9 Å². The van der Waals surface area contributed by atoms with E-state index in [2.05, 4.69) is 15.5 Å². The number of thioether (sulfide) groups is 1. The number of rotatable bonds is 7. The number of nitrogens with zero attached hydrogens (tertiary/aromatic N) is 3. The van der Waals surface area contributed by atoms with Gasteiger partial charge in [0.05, 0.1) is 10.6 Å². The second kappa shape index (κ2) is 9.60. The molecule has 3 aromatic carbocycles. The van der Waals surface area contributed by atoms with E-state index in [1.165, 1.54) is 23.9 Å². The molecular formula is C24H22N4O3S2. The molecule has 0 unspecified atom stereocenters. The van der Waals surface area contributed by atoms with Crippen molar-refractivity contribution in [3.63, 3.8) is 0 Å². The molecule has 1 heterocycles. The van der Waals surface area contributed by atoms with E-state index in [0.717, 1.165) is 23.1 Å². The van der Waals surface area contributed by atoms with E-state index in [1.54, 1.807) is 12.1 Å². The molecule has 168 valence electrons. The second-order valence-electron chi connectivity index (χ2n) is 7.48. The van der Waals surface area contributed by atoms with Crippen LogP contribution in [0.3, 0.4) is 0 Å². The molecule has 0 aliphatic heterocycles. The summed E-state index contributed by atoms with van der Waals surface area (Å²) in [5.74, 6) is 0.581. The third-order valence-corrected chi connectivity index (χ3v) is 6.91. The summed E-state index contributed by atoms with van der Waals surface area (Å²) in [6, 6.07) is 23.9.